The van der Waals surface area contributed by atoms with E-state index in [1.165, 1.54) is 5.56 Å². The van der Waals surface area contributed by atoms with Crippen molar-refractivity contribution in [3.63, 3.8) is 0 Å². The van der Waals surface area contributed by atoms with Gasteiger partial charge in [-0.05, 0) is 25.1 Å². The minimum Gasteiger partial charge on any atom is -0.352 e. The van der Waals surface area contributed by atoms with Crippen LogP contribution in [0.2, 0.25) is 0 Å². The van der Waals surface area contributed by atoms with Crippen LogP contribution in [0.5, 0.6) is 0 Å². The fourth-order valence-electron chi connectivity index (χ4n) is 2.08. The van der Waals surface area contributed by atoms with Gasteiger partial charge in [0.15, 0.2) is 0 Å². The van der Waals surface area contributed by atoms with Crippen molar-refractivity contribution in [1.29, 1.82) is 0 Å². The highest BCUT2D eigenvalue weighted by Gasteiger charge is 2.08. The van der Waals surface area contributed by atoms with Crippen LogP contribution in [-0.2, 0) is 20.1 Å². The molecule has 1 N–H and O–H groups in total. The molecule has 5 heteroatoms. The summed E-state index contributed by atoms with van der Waals surface area (Å²) >= 11 is 0. The molecule has 5 nitrogen and oxygen atoms in total. The van der Waals surface area contributed by atoms with Crippen LogP contribution < -0.4 is 10.2 Å². The number of rotatable bonds is 6. The van der Waals surface area contributed by atoms with E-state index < -0.39 is 0 Å². The van der Waals surface area contributed by atoms with Gasteiger partial charge in [-0.25, -0.2) is 9.97 Å². The molecule has 0 amide bonds. The molecule has 0 fully saturated rings. The van der Waals surface area contributed by atoms with Gasteiger partial charge < -0.3 is 14.8 Å². The van der Waals surface area contributed by atoms with Crippen molar-refractivity contribution in [2.45, 2.75) is 26.9 Å². The van der Waals surface area contributed by atoms with E-state index in [2.05, 4.69) is 46.2 Å². The highest BCUT2D eigenvalue weighted by molar-refractivity contribution is 5.41. The number of aromatic nitrogens is 3. The van der Waals surface area contributed by atoms with E-state index in [1.807, 2.05) is 31.1 Å². The lowest BCUT2D eigenvalue weighted by atomic mass is 10.2. The van der Waals surface area contributed by atoms with Crippen LogP contribution in [0.15, 0.2) is 24.5 Å². The van der Waals surface area contributed by atoms with Gasteiger partial charge in [0, 0.05) is 38.7 Å². The Kier molecular flexibility index (Phi) is 4.74. The number of imidazole rings is 1. The maximum atomic E-state index is 4.69. The predicted molar refractivity (Wildman–Crippen MR) is 81.7 cm³/mol. The van der Waals surface area contributed by atoms with Crippen molar-refractivity contribution in [2.24, 2.45) is 7.05 Å². The molecule has 0 radical (unpaired) electrons. The molecule has 2 aromatic rings. The SMILES string of the molecule is CCNCc1ccc(N(C)Cc2nccn2C)nc1C. The molecule has 0 atom stereocenters. The van der Waals surface area contributed by atoms with E-state index in [4.69, 9.17) is 0 Å². The maximum Gasteiger partial charge on any atom is 0.128 e. The summed E-state index contributed by atoms with van der Waals surface area (Å²) in [5.41, 5.74) is 2.33. The first-order valence-electron chi connectivity index (χ1n) is 6.96. The van der Waals surface area contributed by atoms with Crippen molar-refractivity contribution in [3.8, 4) is 0 Å². The first-order chi connectivity index (χ1) is 9.61. The molecule has 2 rings (SSSR count). The van der Waals surface area contributed by atoms with Gasteiger partial charge in [-0.2, -0.15) is 0 Å². The molecule has 0 saturated carbocycles. The van der Waals surface area contributed by atoms with Gasteiger partial charge in [-0.1, -0.05) is 13.0 Å². The summed E-state index contributed by atoms with van der Waals surface area (Å²) in [6.07, 6.45) is 3.78. The summed E-state index contributed by atoms with van der Waals surface area (Å²) in [7, 11) is 4.05. The molecule has 2 heterocycles. The largest absolute Gasteiger partial charge is 0.352 e. The third kappa shape index (κ3) is 3.36. The van der Waals surface area contributed by atoms with Crippen molar-refractivity contribution in [3.05, 3.63) is 41.6 Å². The lowest BCUT2D eigenvalue weighted by molar-refractivity contribution is 0.717. The van der Waals surface area contributed by atoms with Crippen molar-refractivity contribution < 1.29 is 0 Å². The van der Waals surface area contributed by atoms with Crippen LogP contribution in [0.3, 0.4) is 0 Å². The lowest BCUT2D eigenvalue weighted by Gasteiger charge is -2.19. The molecular weight excluding hydrogens is 250 g/mol. The van der Waals surface area contributed by atoms with Crippen molar-refractivity contribution in [2.75, 3.05) is 18.5 Å². The fourth-order valence-corrected chi connectivity index (χ4v) is 2.08. The van der Waals surface area contributed by atoms with Crippen LogP contribution in [0.4, 0.5) is 5.82 Å². The van der Waals surface area contributed by atoms with Crippen LogP contribution >= 0.6 is 0 Å². The van der Waals surface area contributed by atoms with Gasteiger partial charge in [0.05, 0.1) is 6.54 Å². The zero-order valence-electron chi connectivity index (χ0n) is 12.7. The molecule has 0 aliphatic rings. The molecule has 20 heavy (non-hydrogen) atoms. The van der Waals surface area contributed by atoms with Crippen LogP contribution in [0.25, 0.3) is 0 Å². The van der Waals surface area contributed by atoms with Gasteiger partial charge in [0.2, 0.25) is 0 Å². The number of anilines is 1. The van der Waals surface area contributed by atoms with Gasteiger partial charge in [-0.3, -0.25) is 0 Å². The van der Waals surface area contributed by atoms with E-state index >= 15 is 0 Å². The fraction of sp³-hybridized carbons (Fsp3) is 0.467. The third-order valence-electron chi connectivity index (χ3n) is 3.44. The number of nitrogens with zero attached hydrogens (tertiary/aromatic N) is 4. The Hall–Kier alpha value is -1.88. The standard InChI is InChI=1S/C15H23N5/c1-5-16-10-13-6-7-14(18-12(13)2)20(4)11-15-17-8-9-19(15)3/h6-9,16H,5,10-11H2,1-4H3. The topological polar surface area (TPSA) is 46.0 Å². The maximum absolute atomic E-state index is 4.69. The Labute approximate surface area is 120 Å². The first-order valence-corrected chi connectivity index (χ1v) is 6.96. The summed E-state index contributed by atoms with van der Waals surface area (Å²) in [5, 5.41) is 3.33. The van der Waals surface area contributed by atoms with E-state index in [0.29, 0.717) is 0 Å². The van der Waals surface area contributed by atoms with Crippen molar-refractivity contribution in [1.82, 2.24) is 19.9 Å². The van der Waals surface area contributed by atoms with E-state index in [9.17, 15) is 0 Å². The predicted octanol–water partition coefficient (Wildman–Crippen LogP) is 1.87. The second-order valence-corrected chi connectivity index (χ2v) is 5.00. The molecular formula is C15H23N5. The Bertz CT molecular complexity index is 561. The molecule has 0 aromatic carbocycles. The zero-order chi connectivity index (χ0) is 14.5. The Morgan fingerprint density at radius 2 is 2.15 bits per heavy atom. The molecule has 0 aliphatic carbocycles. The number of pyridine rings is 1. The molecule has 2 aromatic heterocycles. The number of aryl methyl sites for hydroxylation is 2. The van der Waals surface area contributed by atoms with Crippen LogP contribution in [0.1, 0.15) is 24.0 Å². The molecule has 108 valence electrons. The van der Waals surface area contributed by atoms with E-state index in [-0.39, 0.29) is 0 Å². The minimum absolute atomic E-state index is 0.752. The normalized spacial score (nSPS) is 10.8. The third-order valence-corrected chi connectivity index (χ3v) is 3.44. The second kappa shape index (κ2) is 6.52. The van der Waals surface area contributed by atoms with E-state index in [0.717, 1.165) is 37.0 Å². The van der Waals surface area contributed by atoms with Crippen LogP contribution in [0, 0.1) is 6.92 Å². The Morgan fingerprint density at radius 1 is 1.35 bits per heavy atom. The number of hydrogen-bond acceptors (Lipinski definition) is 4. The van der Waals surface area contributed by atoms with Gasteiger partial charge >= 0.3 is 0 Å². The van der Waals surface area contributed by atoms with Gasteiger partial charge in [-0.15, -0.1) is 0 Å². The second-order valence-electron chi connectivity index (χ2n) is 5.00. The van der Waals surface area contributed by atoms with Crippen LogP contribution in [-0.4, -0.2) is 28.1 Å². The van der Waals surface area contributed by atoms with Gasteiger partial charge in [0.25, 0.3) is 0 Å². The van der Waals surface area contributed by atoms with Gasteiger partial charge in [0.1, 0.15) is 11.6 Å². The molecule has 0 aliphatic heterocycles. The average Bonchev–Trinajstić information content (AvgIpc) is 2.83. The monoisotopic (exact) mass is 273 g/mol. The Morgan fingerprint density at radius 3 is 2.75 bits per heavy atom. The molecule has 0 bridgehead atoms. The smallest absolute Gasteiger partial charge is 0.128 e. The summed E-state index contributed by atoms with van der Waals surface area (Å²) < 4.78 is 2.03. The average molecular weight is 273 g/mol. The van der Waals surface area contributed by atoms with E-state index in [1.54, 1.807) is 0 Å². The molecule has 0 saturated heterocycles. The lowest BCUT2D eigenvalue weighted by Crippen LogP contribution is -2.21. The minimum atomic E-state index is 0.752. The molecule has 0 spiro atoms. The number of hydrogen-bond donors (Lipinski definition) is 1. The number of nitrogens with one attached hydrogen (secondary N) is 1. The summed E-state index contributed by atoms with van der Waals surface area (Å²) in [5.74, 6) is 2.01. The first kappa shape index (κ1) is 14.5. The highest BCUT2D eigenvalue weighted by Crippen LogP contribution is 2.15. The Balaban J connectivity index is 2.08. The zero-order valence-corrected chi connectivity index (χ0v) is 12.7. The highest BCUT2D eigenvalue weighted by atomic mass is 15.2. The van der Waals surface area contributed by atoms with Crippen molar-refractivity contribution >= 4 is 5.82 Å². The summed E-state index contributed by atoms with van der Waals surface area (Å²) in [6, 6.07) is 4.22. The summed E-state index contributed by atoms with van der Waals surface area (Å²) in [6.45, 7) is 6.77. The quantitative estimate of drug-likeness (QED) is 0.873. The molecule has 0 unspecified atom stereocenters. The summed E-state index contributed by atoms with van der Waals surface area (Å²) in [4.78, 5) is 11.1.